The molecular formula is C54H78F3N15O16S3. The number of aliphatic hydroxyl groups is 6. The van der Waals surface area contributed by atoms with Crippen LogP contribution in [0.5, 0.6) is 0 Å². The van der Waals surface area contributed by atoms with Crippen LogP contribution in [0.4, 0.5) is 13.2 Å². The highest BCUT2D eigenvalue weighted by atomic mass is 32.2. The maximum Gasteiger partial charge on any atom is 0.332 e. The van der Waals surface area contributed by atoms with Crippen LogP contribution in [0.2, 0.25) is 0 Å². The topological polar surface area (TPSA) is 382 Å². The molecule has 91 heavy (non-hydrogen) atoms. The number of rotatable bonds is 31. The number of halogens is 3. The lowest BCUT2D eigenvalue weighted by molar-refractivity contribution is 0.0393. The smallest absolute Gasteiger partial charge is 0.332 e. The molecule has 3 aliphatic heterocycles. The van der Waals surface area contributed by atoms with Crippen LogP contribution in [0, 0.1) is 20.8 Å². The van der Waals surface area contributed by atoms with Crippen LogP contribution in [-0.4, -0.2) is 230 Å². The molecule has 0 bridgehead atoms. The number of alkyl halides is 3. The van der Waals surface area contributed by atoms with Crippen molar-refractivity contribution in [2.24, 2.45) is 0 Å². The van der Waals surface area contributed by atoms with Gasteiger partial charge in [0.05, 0.1) is 181 Å². The van der Waals surface area contributed by atoms with Crippen molar-refractivity contribution >= 4 is 35.3 Å². The van der Waals surface area contributed by atoms with E-state index in [1.807, 2.05) is 0 Å². The number of aromatic nitrogens is 15. The van der Waals surface area contributed by atoms with Gasteiger partial charge >= 0.3 is 17.1 Å². The number of aryl methyl sites for hydroxylation is 3. The number of ether oxygens (including phenoxy) is 4. The fourth-order valence-electron chi connectivity index (χ4n) is 9.78. The van der Waals surface area contributed by atoms with Gasteiger partial charge in [0.15, 0.2) is 0 Å². The maximum atomic E-state index is 13.0. The van der Waals surface area contributed by atoms with Crippen molar-refractivity contribution in [3.63, 3.8) is 0 Å². The lowest BCUT2D eigenvalue weighted by Gasteiger charge is -2.16. The molecule has 6 aromatic rings. The summed E-state index contributed by atoms with van der Waals surface area (Å²) in [6.45, 7) is 5.93. The first-order valence-electron chi connectivity index (χ1n) is 29.3. The molecule has 6 aromatic heterocycles. The van der Waals surface area contributed by atoms with Gasteiger partial charge in [-0.05, 0) is 27.2 Å². The zero-order chi connectivity index (χ0) is 65.7. The van der Waals surface area contributed by atoms with Gasteiger partial charge in [-0.3, -0.25) is 46.2 Å². The maximum absolute atomic E-state index is 13.0. The van der Waals surface area contributed by atoms with Gasteiger partial charge in [-0.15, -0.1) is 50.6 Å². The Balaban J connectivity index is 0.000000194. The first kappa shape index (κ1) is 72.3. The second-order valence-electron chi connectivity index (χ2n) is 21.3. The number of hydrogen-bond acceptors (Lipinski definition) is 25. The summed E-state index contributed by atoms with van der Waals surface area (Å²) in [5.74, 6) is 0. The highest BCUT2D eigenvalue weighted by Gasteiger charge is 2.38. The molecular weight excluding hydrogens is 1260 g/mol. The van der Waals surface area contributed by atoms with Gasteiger partial charge < -0.3 is 49.6 Å². The Morgan fingerprint density at radius 1 is 0.440 bits per heavy atom. The predicted octanol–water partition coefficient (Wildman–Crippen LogP) is -1.69. The van der Waals surface area contributed by atoms with Gasteiger partial charge in [0, 0.05) is 61.2 Å². The van der Waals surface area contributed by atoms with Crippen LogP contribution in [0.3, 0.4) is 0 Å². The van der Waals surface area contributed by atoms with E-state index in [-0.39, 0.29) is 91.1 Å². The zero-order valence-electron chi connectivity index (χ0n) is 50.5. The van der Waals surface area contributed by atoms with Crippen molar-refractivity contribution < 1.29 is 62.8 Å². The second-order valence-corrected chi connectivity index (χ2v) is 25.6. The molecule has 3 aliphatic rings. The molecule has 3 saturated heterocycles. The number of thioether (sulfide) groups is 3. The van der Waals surface area contributed by atoms with Gasteiger partial charge in [-0.2, -0.15) is 0 Å². The third-order valence-corrected chi connectivity index (χ3v) is 19.2. The van der Waals surface area contributed by atoms with Crippen LogP contribution >= 0.6 is 35.3 Å². The summed E-state index contributed by atoms with van der Waals surface area (Å²) in [6.07, 6.45) is 8.47. The fourth-order valence-corrected chi connectivity index (χ4v) is 13.9. The second kappa shape index (κ2) is 35.8. The first-order chi connectivity index (χ1) is 43.8. The molecule has 31 nitrogen and oxygen atoms in total. The third-order valence-electron chi connectivity index (χ3n) is 14.5. The van der Waals surface area contributed by atoms with Crippen molar-refractivity contribution in [2.75, 3.05) is 92.7 Å². The van der Waals surface area contributed by atoms with E-state index in [9.17, 15) is 72.6 Å². The molecule has 0 amide bonds. The molecule has 37 heteroatoms. The number of nitrogens with zero attached hydrogens (tertiary/aromatic N) is 15. The van der Waals surface area contributed by atoms with Crippen molar-refractivity contribution in [2.45, 2.75) is 136 Å². The Kier molecular flexibility index (Phi) is 28.5. The van der Waals surface area contributed by atoms with Crippen molar-refractivity contribution in [3.05, 3.63) is 133 Å². The van der Waals surface area contributed by atoms with Crippen LogP contribution in [0.15, 0.2) is 65.9 Å². The van der Waals surface area contributed by atoms with Crippen LogP contribution in [0.25, 0.3) is 0 Å². The van der Waals surface area contributed by atoms with E-state index in [4.69, 9.17) is 18.9 Å². The summed E-state index contributed by atoms with van der Waals surface area (Å²) < 4.78 is 68.9. The molecule has 0 aliphatic carbocycles. The van der Waals surface area contributed by atoms with Gasteiger partial charge in [-0.25, -0.2) is 37.2 Å². The first-order valence-corrected chi connectivity index (χ1v) is 32.1. The molecule has 0 spiro atoms. The Labute approximate surface area is 530 Å². The standard InChI is InChI=1S/C19H28FN5O6S.C18H26FN5O5S.C17H24FN5O5S/c1-13-9-24(17-8-15(27)16(12-26)32-17)19(29)25(18(13)28)11-14-10-23(22-21-14)3-5-31-7-6-30-4-2-20;1-12-8-23(16-7-14(26)15(11-25)30-16)18(28)24(17(12)27)10-13-9-22(21-20-13)4-6-29-5-2-3-19;1-11-7-22(15-6-13(25)14(10-24)29-15)17(27)23(16(11)26)9-12-8-21(20-19-12)3-5-28-4-2-18/h9-10,15-17,26-27H,2-8,11-12H2,1H3;8-9,14-16,25-26H,2-7,10-11H2,1H3;7-8,13-15,24-25H,2-6,9-10H2,1H3/t15?,16-,17?;14?,15-,16?;13?,14-,15?/m111/s1/i20-1;19-1;18-1. The normalized spacial score (nSPS) is 21.3. The monoisotopic (exact) mass is 1340 g/mol. The van der Waals surface area contributed by atoms with Crippen molar-refractivity contribution in [1.29, 1.82) is 0 Å². The van der Waals surface area contributed by atoms with Gasteiger partial charge in [0.1, 0.15) is 30.4 Å². The number of hydrogen-bond donors (Lipinski definition) is 6. The molecule has 0 aromatic carbocycles. The van der Waals surface area contributed by atoms with E-state index in [1.165, 1.54) is 72.3 Å². The average molecular weight is 1340 g/mol. The molecule has 6 N–H and O–H groups in total. The Bertz CT molecular complexity index is 3640. The Morgan fingerprint density at radius 2 is 0.736 bits per heavy atom. The summed E-state index contributed by atoms with van der Waals surface area (Å²) in [5.41, 5.74) is -0.274. The van der Waals surface area contributed by atoms with Crippen molar-refractivity contribution in [3.8, 4) is 0 Å². The molecule has 9 rings (SSSR count). The van der Waals surface area contributed by atoms with Crippen molar-refractivity contribution in [1.82, 2.24) is 72.4 Å². The fraction of sp³-hybridized carbons (Fsp3) is 0.667. The predicted molar refractivity (Wildman–Crippen MR) is 327 cm³/mol. The van der Waals surface area contributed by atoms with E-state index < -0.39 is 72.1 Å². The Morgan fingerprint density at radius 3 is 1.02 bits per heavy atom. The van der Waals surface area contributed by atoms with Gasteiger partial charge in [0.2, 0.25) is 0 Å². The molecule has 504 valence electrons. The van der Waals surface area contributed by atoms with E-state index in [0.717, 1.165) is 13.7 Å². The van der Waals surface area contributed by atoms with E-state index in [2.05, 4.69) is 30.9 Å². The largest absolute Gasteiger partial charge is 0.395 e. The summed E-state index contributed by atoms with van der Waals surface area (Å²) in [4.78, 5) is 76.7. The highest BCUT2D eigenvalue weighted by molar-refractivity contribution is 8.00. The molecule has 9 heterocycles. The summed E-state index contributed by atoms with van der Waals surface area (Å²) in [6, 6.07) is 0. The molecule has 0 radical (unpaired) electrons. The van der Waals surface area contributed by atoms with E-state index in [0.29, 0.717) is 112 Å². The van der Waals surface area contributed by atoms with Crippen LogP contribution < -0.4 is 33.7 Å². The average Bonchev–Trinajstić information content (AvgIpc) is 1.81. The quantitative estimate of drug-likeness (QED) is 0.0265. The highest BCUT2D eigenvalue weighted by Crippen LogP contribution is 2.42. The third kappa shape index (κ3) is 19.7. The van der Waals surface area contributed by atoms with E-state index in [1.54, 1.807) is 48.7 Å². The minimum Gasteiger partial charge on any atom is -0.395 e. The zero-order valence-corrected chi connectivity index (χ0v) is 52.9. The lowest BCUT2D eigenvalue weighted by Crippen LogP contribution is -2.41. The lowest BCUT2D eigenvalue weighted by atomic mass is 10.2. The summed E-state index contributed by atoms with van der Waals surface area (Å²) in [5, 5.41) is 79.9. The van der Waals surface area contributed by atoms with Gasteiger partial charge in [0.25, 0.3) is 16.7 Å². The minimum atomic E-state index is -0.722. The van der Waals surface area contributed by atoms with E-state index >= 15 is 0 Å². The molecule has 9 atom stereocenters. The molecule has 0 saturated carbocycles. The molecule has 6 unspecified atom stereocenters. The SMILES string of the molecule is Cc1cn(C2CC(O)[C@@H](CO)S2)c(=O)n(Cc2cn(CCOCCC[18F])nn2)c1=O.Cc1cn(C2CC(O)[C@@H](CO)S2)c(=O)n(Cc2cn(CCOCCOCC[18F])nn2)c1=O.Cc1cn(C2CC(O)[C@@H](CO)S2)c(=O)n(Cc2cn(CCOCC[18F])nn2)c1=O. The Hall–Kier alpha value is -6.10. The summed E-state index contributed by atoms with van der Waals surface area (Å²) in [7, 11) is 0. The number of aliphatic hydroxyl groups excluding tert-OH is 6. The van der Waals surface area contributed by atoms with Crippen LogP contribution in [0.1, 0.15) is 75.6 Å². The minimum absolute atomic E-state index is 0.0186. The van der Waals surface area contributed by atoms with Gasteiger partial charge in [-0.1, -0.05) is 15.6 Å². The molecule has 3 fully saturated rings. The summed E-state index contributed by atoms with van der Waals surface area (Å²) >= 11 is 3.93. The van der Waals surface area contributed by atoms with Crippen LogP contribution in [-0.2, 0) is 58.2 Å².